The maximum atomic E-state index is 12.3. The lowest BCUT2D eigenvalue weighted by molar-refractivity contribution is -0.144. The first-order chi connectivity index (χ1) is 8.99. The number of urea groups is 1. The summed E-state index contributed by atoms with van der Waals surface area (Å²) < 4.78 is 0. The van der Waals surface area contributed by atoms with Gasteiger partial charge in [-0.3, -0.25) is 0 Å². The molecule has 0 saturated heterocycles. The number of hydrogen-bond acceptors (Lipinski definition) is 2. The Morgan fingerprint density at radius 1 is 1.26 bits per heavy atom. The standard InChI is InChI=1S/C14H26N2O3/c1-4-9-16(10-11-7-8-11)13(19)15-14(5-2,6-3)12(17)18/h11H,4-10H2,1-3H3,(H,15,19)(H,17,18). The quantitative estimate of drug-likeness (QED) is 0.712. The fourth-order valence-electron chi connectivity index (χ4n) is 2.22. The highest BCUT2D eigenvalue weighted by Crippen LogP contribution is 2.30. The zero-order chi connectivity index (χ0) is 14.5. The second-order valence-electron chi connectivity index (χ2n) is 5.41. The predicted octanol–water partition coefficient (Wildman–Crippen LogP) is 2.46. The third-order valence-electron chi connectivity index (χ3n) is 3.92. The molecule has 1 aliphatic carbocycles. The summed E-state index contributed by atoms with van der Waals surface area (Å²) in [6, 6.07) is -0.236. The number of carbonyl (C=O) groups excluding carboxylic acids is 1. The highest BCUT2D eigenvalue weighted by molar-refractivity contribution is 5.86. The summed E-state index contributed by atoms with van der Waals surface area (Å²) >= 11 is 0. The number of aliphatic carboxylic acids is 1. The molecule has 0 atom stereocenters. The molecule has 0 aromatic rings. The van der Waals surface area contributed by atoms with E-state index in [0.29, 0.717) is 25.3 Å². The van der Waals surface area contributed by atoms with Crippen LogP contribution in [0.4, 0.5) is 4.79 Å². The average molecular weight is 270 g/mol. The maximum absolute atomic E-state index is 12.3. The zero-order valence-electron chi connectivity index (χ0n) is 12.2. The van der Waals surface area contributed by atoms with E-state index >= 15 is 0 Å². The van der Waals surface area contributed by atoms with Crippen molar-refractivity contribution < 1.29 is 14.7 Å². The molecule has 2 N–H and O–H groups in total. The Morgan fingerprint density at radius 3 is 2.21 bits per heavy atom. The number of amides is 2. The molecule has 2 amide bonds. The molecule has 110 valence electrons. The summed E-state index contributed by atoms with van der Waals surface area (Å²) in [5.74, 6) is -0.339. The molecule has 0 aromatic heterocycles. The smallest absolute Gasteiger partial charge is 0.329 e. The molecular weight excluding hydrogens is 244 g/mol. The Balaban J connectivity index is 2.69. The van der Waals surface area contributed by atoms with Crippen LogP contribution in [0.25, 0.3) is 0 Å². The Morgan fingerprint density at radius 2 is 1.84 bits per heavy atom. The van der Waals surface area contributed by atoms with Gasteiger partial charge in [-0.05, 0) is 38.0 Å². The molecule has 0 heterocycles. The Bertz CT molecular complexity index is 323. The van der Waals surface area contributed by atoms with E-state index in [-0.39, 0.29) is 6.03 Å². The molecule has 0 spiro atoms. The van der Waals surface area contributed by atoms with E-state index in [4.69, 9.17) is 0 Å². The van der Waals surface area contributed by atoms with Crippen molar-refractivity contribution in [2.24, 2.45) is 5.92 Å². The van der Waals surface area contributed by atoms with Gasteiger partial charge in [-0.15, -0.1) is 0 Å². The van der Waals surface area contributed by atoms with Gasteiger partial charge in [0.15, 0.2) is 0 Å². The van der Waals surface area contributed by atoms with Crippen LogP contribution < -0.4 is 5.32 Å². The van der Waals surface area contributed by atoms with Gasteiger partial charge in [-0.25, -0.2) is 9.59 Å². The maximum Gasteiger partial charge on any atom is 0.329 e. The summed E-state index contributed by atoms with van der Waals surface area (Å²) in [6.07, 6.45) is 4.04. The zero-order valence-corrected chi connectivity index (χ0v) is 12.2. The van der Waals surface area contributed by atoms with Crippen molar-refractivity contribution in [3.63, 3.8) is 0 Å². The van der Waals surface area contributed by atoms with Gasteiger partial charge < -0.3 is 15.3 Å². The van der Waals surface area contributed by atoms with E-state index in [1.165, 1.54) is 12.8 Å². The number of nitrogens with one attached hydrogen (secondary N) is 1. The van der Waals surface area contributed by atoms with Crippen LogP contribution in [0.15, 0.2) is 0 Å². The minimum atomic E-state index is -1.13. The number of carboxylic acid groups (broad SMARTS) is 1. The minimum Gasteiger partial charge on any atom is -0.480 e. The molecule has 1 aliphatic rings. The molecule has 1 fully saturated rings. The normalized spacial score (nSPS) is 15.1. The Hall–Kier alpha value is -1.26. The van der Waals surface area contributed by atoms with E-state index in [2.05, 4.69) is 5.32 Å². The van der Waals surface area contributed by atoms with E-state index in [1.807, 2.05) is 6.92 Å². The molecule has 19 heavy (non-hydrogen) atoms. The summed E-state index contributed by atoms with van der Waals surface area (Å²) in [6.45, 7) is 7.05. The lowest BCUT2D eigenvalue weighted by atomic mass is 9.93. The molecule has 5 heteroatoms. The van der Waals surface area contributed by atoms with Crippen LogP contribution in [0.2, 0.25) is 0 Å². The molecule has 0 radical (unpaired) electrons. The molecule has 0 bridgehead atoms. The fraction of sp³-hybridized carbons (Fsp3) is 0.857. The van der Waals surface area contributed by atoms with Crippen LogP contribution in [0, 0.1) is 5.92 Å². The minimum absolute atomic E-state index is 0.236. The van der Waals surface area contributed by atoms with Crippen LogP contribution in [0.5, 0.6) is 0 Å². The second-order valence-corrected chi connectivity index (χ2v) is 5.41. The first-order valence-electron chi connectivity index (χ1n) is 7.29. The third kappa shape index (κ3) is 4.11. The molecule has 1 saturated carbocycles. The monoisotopic (exact) mass is 270 g/mol. The van der Waals surface area contributed by atoms with Gasteiger partial charge in [-0.2, -0.15) is 0 Å². The van der Waals surface area contributed by atoms with Gasteiger partial charge in [0.25, 0.3) is 0 Å². The van der Waals surface area contributed by atoms with Crippen LogP contribution in [0.3, 0.4) is 0 Å². The van der Waals surface area contributed by atoms with Gasteiger partial charge in [0.1, 0.15) is 5.54 Å². The first-order valence-corrected chi connectivity index (χ1v) is 7.29. The first kappa shape index (κ1) is 15.8. The Kier molecular flexibility index (Phi) is 5.63. The lowest BCUT2D eigenvalue weighted by Gasteiger charge is -2.32. The lowest BCUT2D eigenvalue weighted by Crippen LogP contribution is -2.57. The van der Waals surface area contributed by atoms with Gasteiger partial charge in [-0.1, -0.05) is 20.8 Å². The van der Waals surface area contributed by atoms with E-state index < -0.39 is 11.5 Å². The molecule has 0 aliphatic heterocycles. The van der Waals surface area contributed by atoms with Crippen LogP contribution in [-0.4, -0.2) is 40.6 Å². The Labute approximate surface area is 115 Å². The second kappa shape index (κ2) is 6.78. The van der Waals surface area contributed by atoms with Crippen molar-refractivity contribution in [2.45, 2.75) is 58.4 Å². The summed E-state index contributed by atoms with van der Waals surface area (Å²) in [5.41, 5.74) is -1.13. The number of nitrogens with zero attached hydrogens (tertiary/aromatic N) is 1. The summed E-state index contributed by atoms with van der Waals surface area (Å²) in [4.78, 5) is 25.5. The van der Waals surface area contributed by atoms with E-state index in [0.717, 1.165) is 13.0 Å². The largest absolute Gasteiger partial charge is 0.480 e. The molecule has 1 rings (SSSR count). The van der Waals surface area contributed by atoms with Crippen LogP contribution in [-0.2, 0) is 4.79 Å². The van der Waals surface area contributed by atoms with Crippen molar-refractivity contribution >= 4 is 12.0 Å². The molecule has 0 unspecified atom stereocenters. The SMILES string of the molecule is CCCN(CC1CC1)C(=O)NC(CC)(CC)C(=O)O. The van der Waals surface area contributed by atoms with Gasteiger partial charge in [0.2, 0.25) is 0 Å². The van der Waals surface area contributed by atoms with Crippen molar-refractivity contribution in [2.75, 3.05) is 13.1 Å². The highest BCUT2D eigenvalue weighted by Gasteiger charge is 2.38. The number of rotatable bonds is 8. The van der Waals surface area contributed by atoms with Crippen LogP contribution in [0.1, 0.15) is 52.9 Å². The van der Waals surface area contributed by atoms with Crippen molar-refractivity contribution in [3.05, 3.63) is 0 Å². The average Bonchev–Trinajstić information content (AvgIpc) is 3.19. The fourth-order valence-corrected chi connectivity index (χ4v) is 2.22. The van der Waals surface area contributed by atoms with E-state index in [1.54, 1.807) is 18.7 Å². The van der Waals surface area contributed by atoms with Crippen molar-refractivity contribution in [1.29, 1.82) is 0 Å². The number of carboxylic acids is 1. The predicted molar refractivity (Wildman–Crippen MR) is 74.1 cm³/mol. The van der Waals surface area contributed by atoms with Crippen LogP contribution >= 0.6 is 0 Å². The third-order valence-corrected chi connectivity index (χ3v) is 3.92. The van der Waals surface area contributed by atoms with Gasteiger partial charge in [0.05, 0.1) is 0 Å². The van der Waals surface area contributed by atoms with Crippen molar-refractivity contribution in [3.8, 4) is 0 Å². The molecule has 5 nitrogen and oxygen atoms in total. The van der Waals surface area contributed by atoms with E-state index in [9.17, 15) is 14.7 Å². The topological polar surface area (TPSA) is 69.6 Å². The molecule has 0 aromatic carbocycles. The number of hydrogen-bond donors (Lipinski definition) is 2. The molecular formula is C14H26N2O3. The number of carbonyl (C=O) groups is 2. The van der Waals surface area contributed by atoms with Gasteiger partial charge in [0, 0.05) is 13.1 Å². The van der Waals surface area contributed by atoms with Gasteiger partial charge >= 0.3 is 12.0 Å². The summed E-state index contributed by atoms with van der Waals surface area (Å²) in [7, 11) is 0. The summed E-state index contributed by atoms with van der Waals surface area (Å²) in [5, 5.41) is 12.1. The highest BCUT2D eigenvalue weighted by atomic mass is 16.4. The van der Waals surface area contributed by atoms with Crippen molar-refractivity contribution in [1.82, 2.24) is 10.2 Å².